The van der Waals surface area contributed by atoms with Gasteiger partial charge in [0.1, 0.15) is 10.7 Å². The third kappa shape index (κ3) is 3.29. The Kier molecular flexibility index (Phi) is 4.60. The van der Waals surface area contributed by atoms with Crippen molar-refractivity contribution >= 4 is 28.9 Å². The molecule has 1 aromatic heterocycles. The molecule has 0 aliphatic rings. The fraction of sp³-hybridized carbons (Fsp3) is 0.231. The summed E-state index contributed by atoms with van der Waals surface area (Å²) in [5.74, 6) is -0.840. The number of amides is 1. The van der Waals surface area contributed by atoms with E-state index in [-0.39, 0.29) is 16.3 Å². The molecule has 0 spiro atoms. The number of aromatic nitrogens is 2. The molecule has 10 heteroatoms. The van der Waals surface area contributed by atoms with Crippen molar-refractivity contribution in [1.29, 1.82) is 0 Å². The van der Waals surface area contributed by atoms with Gasteiger partial charge in [-0.1, -0.05) is 11.6 Å². The van der Waals surface area contributed by atoms with Gasteiger partial charge in [0.2, 0.25) is 0 Å². The second-order valence-corrected chi connectivity index (χ2v) is 5.10. The molecule has 0 aliphatic heterocycles. The van der Waals surface area contributed by atoms with E-state index in [9.17, 15) is 23.7 Å². The molecule has 1 heterocycles. The minimum atomic E-state index is -2.89. The number of aryl methyl sites for hydroxylation is 2. The van der Waals surface area contributed by atoms with Gasteiger partial charge >= 0.3 is 0 Å². The van der Waals surface area contributed by atoms with Crippen LogP contribution in [0.25, 0.3) is 0 Å². The predicted octanol–water partition coefficient (Wildman–Crippen LogP) is 3.48. The summed E-state index contributed by atoms with van der Waals surface area (Å²) < 4.78 is 26.9. The Labute approximate surface area is 134 Å². The van der Waals surface area contributed by atoms with Gasteiger partial charge in [-0.2, -0.15) is 5.10 Å². The SMILES string of the molecule is Cc1cc(Cl)c([N+](=O)[O-])cc1NC(=O)c1cnn(C)c1C(F)F. The monoisotopic (exact) mass is 344 g/mol. The van der Waals surface area contributed by atoms with Crippen LogP contribution in [0, 0.1) is 17.0 Å². The molecule has 23 heavy (non-hydrogen) atoms. The van der Waals surface area contributed by atoms with Crippen LogP contribution < -0.4 is 5.32 Å². The van der Waals surface area contributed by atoms with Crippen LogP contribution in [0.15, 0.2) is 18.3 Å². The molecule has 0 fully saturated rings. The van der Waals surface area contributed by atoms with Crippen LogP contribution in [0.3, 0.4) is 0 Å². The molecule has 0 aliphatic carbocycles. The minimum Gasteiger partial charge on any atom is -0.321 e. The molecule has 0 saturated carbocycles. The fourth-order valence-corrected chi connectivity index (χ4v) is 2.29. The van der Waals surface area contributed by atoms with Gasteiger partial charge in [-0.05, 0) is 18.6 Å². The third-order valence-corrected chi connectivity index (χ3v) is 3.48. The standard InChI is InChI=1S/C13H11ClF2N4O3/c1-6-3-8(14)10(20(22)23)4-9(6)18-13(21)7-5-17-19(2)11(7)12(15)16/h3-5,12H,1-2H3,(H,18,21). The Hall–Kier alpha value is -2.55. The van der Waals surface area contributed by atoms with Crippen molar-refractivity contribution in [1.82, 2.24) is 9.78 Å². The summed E-state index contributed by atoms with van der Waals surface area (Å²) >= 11 is 5.75. The second-order valence-electron chi connectivity index (χ2n) is 4.70. The summed E-state index contributed by atoms with van der Waals surface area (Å²) in [6.07, 6.45) is -1.87. The average molecular weight is 345 g/mol. The number of halogens is 3. The molecule has 0 saturated heterocycles. The lowest BCUT2D eigenvalue weighted by Gasteiger charge is -2.10. The molecule has 0 bridgehead atoms. The highest BCUT2D eigenvalue weighted by atomic mass is 35.5. The maximum Gasteiger partial charge on any atom is 0.289 e. The number of benzene rings is 1. The molecule has 1 N–H and O–H groups in total. The normalized spacial score (nSPS) is 10.9. The topological polar surface area (TPSA) is 90.1 Å². The number of nitrogens with zero attached hydrogens (tertiary/aromatic N) is 3. The fourth-order valence-electron chi connectivity index (χ4n) is 2.01. The summed E-state index contributed by atoms with van der Waals surface area (Å²) in [6, 6.07) is 2.39. The number of nitro benzene ring substituents is 1. The average Bonchev–Trinajstić information content (AvgIpc) is 2.83. The lowest BCUT2D eigenvalue weighted by Crippen LogP contribution is -2.15. The van der Waals surface area contributed by atoms with E-state index in [2.05, 4.69) is 10.4 Å². The number of rotatable bonds is 4. The van der Waals surface area contributed by atoms with E-state index in [1.807, 2.05) is 0 Å². The van der Waals surface area contributed by atoms with Crippen molar-refractivity contribution in [2.45, 2.75) is 13.3 Å². The van der Waals surface area contributed by atoms with Crippen molar-refractivity contribution < 1.29 is 18.5 Å². The first-order valence-corrected chi connectivity index (χ1v) is 6.66. The molecule has 7 nitrogen and oxygen atoms in total. The van der Waals surface area contributed by atoms with Crippen LogP contribution in [0.2, 0.25) is 5.02 Å². The zero-order valence-electron chi connectivity index (χ0n) is 12.0. The summed E-state index contributed by atoms with van der Waals surface area (Å²) in [5, 5.41) is 16.8. The summed E-state index contributed by atoms with van der Waals surface area (Å²) in [7, 11) is 1.29. The maximum atomic E-state index is 13.0. The van der Waals surface area contributed by atoms with Gasteiger partial charge < -0.3 is 5.32 Å². The molecule has 2 rings (SSSR count). The van der Waals surface area contributed by atoms with Crippen LogP contribution in [-0.4, -0.2) is 20.6 Å². The van der Waals surface area contributed by atoms with E-state index >= 15 is 0 Å². The van der Waals surface area contributed by atoms with Crippen molar-refractivity contribution in [3.8, 4) is 0 Å². The molecular weight excluding hydrogens is 334 g/mol. The molecule has 0 radical (unpaired) electrons. The summed E-state index contributed by atoms with van der Waals surface area (Å²) in [5.41, 5.74) is -0.678. The molecule has 1 amide bonds. The molecule has 0 unspecified atom stereocenters. The number of alkyl halides is 2. The Balaban J connectivity index is 2.38. The van der Waals surface area contributed by atoms with E-state index in [1.165, 1.54) is 13.1 Å². The van der Waals surface area contributed by atoms with Gasteiger partial charge in [-0.15, -0.1) is 0 Å². The van der Waals surface area contributed by atoms with Crippen molar-refractivity contribution in [3.63, 3.8) is 0 Å². The van der Waals surface area contributed by atoms with Gasteiger partial charge in [0, 0.05) is 13.1 Å². The first kappa shape index (κ1) is 16.8. The largest absolute Gasteiger partial charge is 0.321 e. The Bertz CT molecular complexity index is 792. The quantitative estimate of drug-likeness (QED) is 0.679. The van der Waals surface area contributed by atoms with Crippen LogP contribution in [-0.2, 0) is 7.05 Å². The predicted molar refractivity (Wildman–Crippen MR) is 79.0 cm³/mol. The van der Waals surface area contributed by atoms with E-state index in [0.29, 0.717) is 5.56 Å². The number of nitrogens with one attached hydrogen (secondary N) is 1. The minimum absolute atomic E-state index is 0.0832. The van der Waals surface area contributed by atoms with Gasteiger partial charge in [0.05, 0.1) is 22.4 Å². The second kappa shape index (κ2) is 6.29. The zero-order valence-corrected chi connectivity index (χ0v) is 12.8. The Morgan fingerprint density at radius 3 is 2.70 bits per heavy atom. The van der Waals surface area contributed by atoms with Gasteiger partial charge in [-0.3, -0.25) is 19.6 Å². The summed E-state index contributed by atoms with van der Waals surface area (Å²) in [4.78, 5) is 22.4. The summed E-state index contributed by atoms with van der Waals surface area (Å²) in [6.45, 7) is 1.57. The van der Waals surface area contributed by atoms with Gasteiger partial charge in [0.25, 0.3) is 18.0 Å². The molecule has 122 valence electrons. The van der Waals surface area contributed by atoms with Crippen molar-refractivity contribution in [3.05, 3.63) is 50.3 Å². The van der Waals surface area contributed by atoms with Gasteiger partial charge in [0.15, 0.2) is 0 Å². The van der Waals surface area contributed by atoms with Crippen molar-refractivity contribution in [2.75, 3.05) is 5.32 Å². The Morgan fingerprint density at radius 1 is 1.48 bits per heavy atom. The van der Waals surface area contributed by atoms with Crippen LogP contribution in [0.1, 0.15) is 28.0 Å². The number of hydrogen-bond acceptors (Lipinski definition) is 4. The number of carbonyl (C=O) groups excluding carboxylic acids is 1. The number of hydrogen-bond donors (Lipinski definition) is 1. The third-order valence-electron chi connectivity index (χ3n) is 3.17. The molecular formula is C13H11ClF2N4O3. The van der Waals surface area contributed by atoms with E-state index in [1.54, 1.807) is 6.92 Å². The van der Waals surface area contributed by atoms with Crippen LogP contribution in [0.4, 0.5) is 20.2 Å². The van der Waals surface area contributed by atoms with E-state index < -0.39 is 28.6 Å². The number of anilines is 1. The lowest BCUT2D eigenvalue weighted by molar-refractivity contribution is -0.384. The first-order valence-electron chi connectivity index (χ1n) is 6.28. The molecule has 1 aromatic carbocycles. The van der Waals surface area contributed by atoms with Gasteiger partial charge in [-0.25, -0.2) is 8.78 Å². The zero-order chi connectivity index (χ0) is 17.3. The lowest BCUT2D eigenvalue weighted by atomic mass is 10.1. The molecule has 0 atom stereocenters. The maximum absolute atomic E-state index is 13.0. The smallest absolute Gasteiger partial charge is 0.289 e. The number of nitro groups is 1. The highest BCUT2D eigenvalue weighted by Crippen LogP contribution is 2.31. The van der Waals surface area contributed by atoms with Crippen LogP contribution in [0.5, 0.6) is 0 Å². The van der Waals surface area contributed by atoms with E-state index in [0.717, 1.165) is 16.9 Å². The first-order chi connectivity index (χ1) is 10.7. The van der Waals surface area contributed by atoms with E-state index in [4.69, 9.17) is 11.6 Å². The van der Waals surface area contributed by atoms with Crippen molar-refractivity contribution in [2.24, 2.45) is 7.05 Å². The van der Waals surface area contributed by atoms with Crippen LogP contribution >= 0.6 is 11.6 Å². The highest BCUT2D eigenvalue weighted by molar-refractivity contribution is 6.32. The Morgan fingerprint density at radius 2 is 2.13 bits per heavy atom. The number of carbonyl (C=O) groups is 1. The highest BCUT2D eigenvalue weighted by Gasteiger charge is 2.24. The molecule has 2 aromatic rings.